The normalized spacial score (nSPS) is 25.6. The monoisotopic (exact) mass is 302 g/mol. The van der Waals surface area contributed by atoms with Crippen molar-refractivity contribution in [3.63, 3.8) is 0 Å². The molecule has 0 aromatic heterocycles. The van der Waals surface area contributed by atoms with Crippen molar-refractivity contribution in [2.24, 2.45) is 0 Å². The van der Waals surface area contributed by atoms with E-state index in [2.05, 4.69) is 0 Å². The lowest BCUT2D eigenvalue weighted by Crippen LogP contribution is -2.37. The Morgan fingerprint density at radius 2 is 2.05 bits per heavy atom. The zero-order valence-corrected chi connectivity index (χ0v) is 11.9. The molecule has 2 atom stereocenters. The maximum Gasteiger partial charge on any atom is 0.389 e. The lowest BCUT2D eigenvalue weighted by atomic mass is 9.94. The summed E-state index contributed by atoms with van der Waals surface area (Å²) < 4.78 is 53.0. The van der Waals surface area contributed by atoms with Gasteiger partial charge in [-0.15, -0.1) is 0 Å². The topological polar surface area (TPSA) is 31.0 Å². The van der Waals surface area contributed by atoms with Crippen molar-refractivity contribution in [2.45, 2.75) is 50.7 Å². The number of rotatable bonds is 4. The van der Waals surface area contributed by atoms with Crippen molar-refractivity contribution < 1.29 is 27.4 Å². The summed E-state index contributed by atoms with van der Waals surface area (Å²) in [5.74, 6) is 1.30. The highest BCUT2D eigenvalue weighted by atomic mass is 19.4. The summed E-state index contributed by atoms with van der Waals surface area (Å²) in [5, 5.41) is 0. The summed E-state index contributed by atoms with van der Waals surface area (Å²) in [6, 6.07) is 5.29. The molecule has 1 aromatic carbocycles. The third-order valence-electron chi connectivity index (χ3n) is 3.71. The molecule has 2 aliphatic heterocycles. The lowest BCUT2D eigenvalue weighted by Gasteiger charge is -2.29. The second-order valence-corrected chi connectivity index (χ2v) is 5.95. The molecule has 2 aliphatic rings. The van der Waals surface area contributed by atoms with Crippen molar-refractivity contribution in [3.05, 3.63) is 23.8 Å². The van der Waals surface area contributed by atoms with E-state index in [1.54, 1.807) is 18.2 Å². The third kappa shape index (κ3) is 3.10. The van der Waals surface area contributed by atoms with E-state index >= 15 is 0 Å². The average Bonchev–Trinajstić information content (AvgIpc) is 3.15. The molecular weight excluding hydrogens is 285 g/mol. The molecule has 0 spiro atoms. The van der Waals surface area contributed by atoms with Crippen molar-refractivity contribution in [1.29, 1.82) is 0 Å². The van der Waals surface area contributed by atoms with Gasteiger partial charge in [-0.25, -0.2) is 0 Å². The van der Waals surface area contributed by atoms with Gasteiger partial charge in [0, 0.05) is 12.0 Å². The van der Waals surface area contributed by atoms with Gasteiger partial charge in [-0.2, -0.15) is 13.2 Å². The molecule has 116 valence electrons. The van der Waals surface area contributed by atoms with E-state index in [1.807, 2.05) is 13.8 Å². The Hall–Kier alpha value is -1.43. The van der Waals surface area contributed by atoms with Crippen LogP contribution in [0.3, 0.4) is 0 Å². The molecule has 21 heavy (non-hydrogen) atoms. The first-order valence-electron chi connectivity index (χ1n) is 6.94. The Morgan fingerprint density at radius 3 is 2.76 bits per heavy atom. The van der Waals surface area contributed by atoms with Crippen LogP contribution in [0.5, 0.6) is 11.5 Å². The van der Waals surface area contributed by atoms with Gasteiger partial charge in [-0.05, 0) is 38.5 Å². The minimum absolute atomic E-state index is 0.00229. The molecule has 0 radical (unpaired) electrons. The van der Waals surface area contributed by atoms with Gasteiger partial charge < -0.3 is 14.2 Å². The highest BCUT2D eigenvalue weighted by molar-refractivity contribution is 5.46. The van der Waals surface area contributed by atoms with Gasteiger partial charge in [0.25, 0.3) is 0 Å². The van der Waals surface area contributed by atoms with Crippen LogP contribution in [0.1, 0.15) is 38.4 Å². The first-order chi connectivity index (χ1) is 9.76. The van der Waals surface area contributed by atoms with E-state index < -0.39 is 12.6 Å². The Morgan fingerprint density at radius 1 is 1.29 bits per heavy atom. The molecule has 0 saturated carbocycles. The maximum absolute atomic E-state index is 12.0. The Labute approximate surface area is 121 Å². The Balaban J connectivity index is 1.61. The van der Waals surface area contributed by atoms with Gasteiger partial charge in [-0.3, -0.25) is 0 Å². The molecule has 0 aliphatic carbocycles. The summed E-state index contributed by atoms with van der Waals surface area (Å²) in [7, 11) is 0. The van der Waals surface area contributed by atoms with Crippen molar-refractivity contribution in [2.75, 3.05) is 6.61 Å². The fraction of sp³-hybridized carbons (Fsp3) is 0.600. The van der Waals surface area contributed by atoms with E-state index in [4.69, 9.17) is 14.2 Å². The number of halogens is 3. The molecular formula is C15H17F3O3. The highest BCUT2D eigenvalue weighted by Crippen LogP contribution is 2.54. The molecule has 1 fully saturated rings. The van der Waals surface area contributed by atoms with Gasteiger partial charge in [0.1, 0.15) is 29.3 Å². The summed E-state index contributed by atoms with van der Waals surface area (Å²) in [6.45, 7) is 3.99. The SMILES string of the molecule is CC1(C)Oc2ccc(OCCCC(F)(F)F)cc2[C@H]2O[C@H]21. The highest BCUT2D eigenvalue weighted by Gasteiger charge is 2.56. The van der Waals surface area contributed by atoms with Gasteiger partial charge in [-0.1, -0.05) is 0 Å². The summed E-state index contributed by atoms with van der Waals surface area (Å²) in [4.78, 5) is 0. The quantitative estimate of drug-likeness (QED) is 0.622. The molecule has 0 N–H and O–H groups in total. The molecule has 0 bridgehead atoms. The predicted octanol–water partition coefficient (Wildman–Crippen LogP) is 4.02. The largest absolute Gasteiger partial charge is 0.494 e. The molecule has 0 unspecified atom stereocenters. The second kappa shape index (κ2) is 4.80. The molecule has 0 amide bonds. The summed E-state index contributed by atoms with van der Waals surface area (Å²) >= 11 is 0. The van der Waals surface area contributed by atoms with Crippen LogP contribution in [-0.4, -0.2) is 24.5 Å². The van der Waals surface area contributed by atoms with Crippen LogP contribution >= 0.6 is 0 Å². The molecule has 6 heteroatoms. The number of alkyl halides is 3. The van der Waals surface area contributed by atoms with Crippen molar-refractivity contribution in [1.82, 2.24) is 0 Å². The van der Waals surface area contributed by atoms with Gasteiger partial charge >= 0.3 is 6.18 Å². The number of fused-ring (bicyclic) bond motifs is 3. The zero-order chi connectivity index (χ0) is 15.3. The van der Waals surface area contributed by atoms with Crippen LogP contribution in [-0.2, 0) is 4.74 Å². The fourth-order valence-corrected chi connectivity index (χ4v) is 2.61. The second-order valence-electron chi connectivity index (χ2n) is 5.95. The van der Waals surface area contributed by atoms with E-state index in [9.17, 15) is 13.2 Å². The standard InChI is InChI=1S/C15H17F3O3/c1-14(2)13-12(20-13)10-8-9(4-5-11(10)21-14)19-7-3-6-15(16,17)18/h4-5,8,12-13H,3,6-7H2,1-2H3/t12-,13-/m1/s1. The fourth-order valence-electron chi connectivity index (χ4n) is 2.61. The summed E-state index contributed by atoms with van der Waals surface area (Å²) in [5.41, 5.74) is 0.555. The predicted molar refractivity (Wildman–Crippen MR) is 69.5 cm³/mol. The van der Waals surface area contributed by atoms with E-state index in [1.165, 1.54) is 0 Å². The minimum atomic E-state index is -4.13. The molecule has 1 saturated heterocycles. The van der Waals surface area contributed by atoms with Crippen LogP contribution in [0.25, 0.3) is 0 Å². The molecule has 1 aromatic rings. The number of ether oxygens (including phenoxy) is 3. The van der Waals surface area contributed by atoms with Gasteiger partial charge in [0.05, 0.1) is 6.61 Å². The molecule has 3 nitrogen and oxygen atoms in total. The number of hydrogen-bond acceptors (Lipinski definition) is 3. The number of benzene rings is 1. The van der Waals surface area contributed by atoms with E-state index in [0.717, 1.165) is 11.3 Å². The zero-order valence-electron chi connectivity index (χ0n) is 11.9. The number of hydrogen-bond donors (Lipinski definition) is 0. The van der Waals surface area contributed by atoms with E-state index in [-0.39, 0.29) is 30.8 Å². The van der Waals surface area contributed by atoms with Gasteiger partial charge in [0.2, 0.25) is 0 Å². The Kier molecular flexibility index (Phi) is 3.31. The summed E-state index contributed by atoms with van der Waals surface area (Å²) in [6.07, 6.45) is -4.98. The Bertz CT molecular complexity index is 539. The van der Waals surface area contributed by atoms with Crippen molar-refractivity contribution >= 4 is 0 Å². The lowest BCUT2D eigenvalue weighted by molar-refractivity contribution is -0.136. The van der Waals surface area contributed by atoms with Crippen LogP contribution in [0.15, 0.2) is 18.2 Å². The molecule has 2 heterocycles. The minimum Gasteiger partial charge on any atom is -0.494 e. The maximum atomic E-state index is 12.0. The van der Waals surface area contributed by atoms with Crippen LogP contribution in [0, 0.1) is 0 Å². The smallest absolute Gasteiger partial charge is 0.389 e. The number of epoxide rings is 1. The first kappa shape index (κ1) is 14.5. The van der Waals surface area contributed by atoms with Crippen LogP contribution in [0.2, 0.25) is 0 Å². The van der Waals surface area contributed by atoms with E-state index in [0.29, 0.717) is 5.75 Å². The van der Waals surface area contributed by atoms with Crippen molar-refractivity contribution in [3.8, 4) is 11.5 Å². The first-order valence-corrected chi connectivity index (χ1v) is 6.94. The third-order valence-corrected chi connectivity index (χ3v) is 3.71. The van der Waals surface area contributed by atoms with Gasteiger partial charge in [0.15, 0.2) is 0 Å². The van der Waals surface area contributed by atoms with Crippen LogP contribution < -0.4 is 9.47 Å². The molecule has 3 rings (SSSR count). The van der Waals surface area contributed by atoms with Crippen LogP contribution in [0.4, 0.5) is 13.2 Å². The average molecular weight is 302 g/mol.